The Bertz CT molecular complexity index is 564. The molecule has 0 fully saturated rings. The van der Waals surface area contributed by atoms with Gasteiger partial charge in [-0.25, -0.2) is 0 Å². The molecule has 0 saturated heterocycles. The van der Waals surface area contributed by atoms with Crippen molar-refractivity contribution in [1.29, 1.82) is 0 Å². The number of amides is 1. The Morgan fingerprint density at radius 3 is 2.21 bits per heavy atom. The number of benzene rings is 2. The second kappa shape index (κ2) is 7.09. The van der Waals surface area contributed by atoms with E-state index in [1.54, 1.807) is 6.08 Å². The first-order chi connectivity index (χ1) is 9.25. The largest absolute Gasteiger partial charge is 0.348 e. The van der Waals surface area contributed by atoms with Gasteiger partial charge < -0.3 is 5.32 Å². The van der Waals surface area contributed by atoms with E-state index in [4.69, 9.17) is 0 Å². The zero-order valence-corrected chi connectivity index (χ0v) is 12.5. The van der Waals surface area contributed by atoms with Gasteiger partial charge in [-0.05, 0) is 33.7 Å². The Balaban J connectivity index is 1.94. The molecular weight excluding hydrogens is 349 g/mol. The van der Waals surface area contributed by atoms with Crippen LogP contribution in [0.4, 0.5) is 0 Å². The molecule has 19 heavy (non-hydrogen) atoms. The van der Waals surface area contributed by atoms with E-state index in [-0.39, 0.29) is 5.91 Å². The summed E-state index contributed by atoms with van der Waals surface area (Å²) < 4.78 is 0.934. The van der Waals surface area contributed by atoms with Gasteiger partial charge in [-0.3, -0.25) is 4.79 Å². The molecule has 0 bridgehead atoms. The highest BCUT2D eigenvalue weighted by Gasteiger charge is 2.01. The lowest BCUT2D eigenvalue weighted by molar-refractivity contribution is -0.116. The third-order valence-corrected chi connectivity index (χ3v) is 3.55. The SMILES string of the molecule is O=C(C=C(I)c1ccccc1)NCc1ccccc1. The minimum Gasteiger partial charge on any atom is -0.348 e. The Morgan fingerprint density at radius 1 is 1.00 bits per heavy atom. The number of carbonyl (C=O) groups excluding carboxylic acids is 1. The fourth-order valence-corrected chi connectivity index (χ4v) is 2.27. The predicted octanol–water partition coefficient (Wildman–Crippen LogP) is 3.78. The normalized spacial score (nSPS) is 11.1. The van der Waals surface area contributed by atoms with Crippen LogP contribution in [0.2, 0.25) is 0 Å². The second-order valence-corrected chi connectivity index (χ2v) is 5.22. The first-order valence-corrected chi connectivity index (χ1v) is 7.08. The van der Waals surface area contributed by atoms with Crippen molar-refractivity contribution in [2.24, 2.45) is 0 Å². The van der Waals surface area contributed by atoms with Gasteiger partial charge in [0, 0.05) is 16.2 Å². The summed E-state index contributed by atoms with van der Waals surface area (Å²) >= 11 is 2.18. The topological polar surface area (TPSA) is 29.1 Å². The van der Waals surface area contributed by atoms with Crippen LogP contribution in [0.25, 0.3) is 3.58 Å². The van der Waals surface area contributed by atoms with E-state index in [1.165, 1.54) is 0 Å². The molecule has 0 unspecified atom stereocenters. The third kappa shape index (κ3) is 4.52. The van der Waals surface area contributed by atoms with Crippen molar-refractivity contribution in [2.75, 3.05) is 0 Å². The quantitative estimate of drug-likeness (QED) is 0.650. The van der Waals surface area contributed by atoms with Gasteiger partial charge in [-0.2, -0.15) is 0 Å². The molecule has 0 radical (unpaired) electrons. The van der Waals surface area contributed by atoms with Gasteiger partial charge in [-0.1, -0.05) is 60.7 Å². The molecule has 0 saturated carbocycles. The summed E-state index contributed by atoms with van der Waals surface area (Å²) in [4.78, 5) is 11.8. The summed E-state index contributed by atoms with van der Waals surface area (Å²) in [7, 11) is 0. The van der Waals surface area contributed by atoms with Crippen LogP contribution in [-0.2, 0) is 11.3 Å². The van der Waals surface area contributed by atoms with Crippen LogP contribution >= 0.6 is 22.6 Å². The van der Waals surface area contributed by atoms with E-state index in [1.807, 2.05) is 60.7 Å². The summed E-state index contributed by atoms with van der Waals surface area (Å²) in [5.41, 5.74) is 2.15. The minimum absolute atomic E-state index is 0.0721. The fraction of sp³-hybridized carbons (Fsp3) is 0.0625. The lowest BCUT2D eigenvalue weighted by Crippen LogP contribution is -2.20. The predicted molar refractivity (Wildman–Crippen MR) is 86.7 cm³/mol. The van der Waals surface area contributed by atoms with E-state index in [2.05, 4.69) is 27.9 Å². The number of carbonyl (C=O) groups is 1. The highest BCUT2D eigenvalue weighted by Crippen LogP contribution is 2.20. The van der Waals surface area contributed by atoms with Crippen molar-refractivity contribution in [3.63, 3.8) is 0 Å². The number of rotatable bonds is 4. The van der Waals surface area contributed by atoms with E-state index >= 15 is 0 Å². The Hall–Kier alpha value is -1.62. The average Bonchev–Trinajstić information content (AvgIpc) is 2.47. The van der Waals surface area contributed by atoms with Crippen molar-refractivity contribution in [3.05, 3.63) is 77.9 Å². The minimum atomic E-state index is -0.0721. The molecular formula is C16H14INO. The molecule has 1 amide bonds. The van der Waals surface area contributed by atoms with Gasteiger partial charge in [0.1, 0.15) is 0 Å². The molecule has 2 aromatic carbocycles. The lowest BCUT2D eigenvalue weighted by atomic mass is 10.2. The first-order valence-electron chi connectivity index (χ1n) is 6.00. The monoisotopic (exact) mass is 363 g/mol. The van der Waals surface area contributed by atoms with Crippen LogP contribution in [0.15, 0.2) is 66.7 Å². The molecule has 0 aliphatic heterocycles. The highest BCUT2D eigenvalue weighted by molar-refractivity contribution is 14.1. The Morgan fingerprint density at radius 2 is 1.58 bits per heavy atom. The molecule has 0 atom stereocenters. The average molecular weight is 363 g/mol. The molecule has 0 spiro atoms. The Kier molecular flexibility index (Phi) is 5.15. The summed E-state index contributed by atoms with van der Waals surface area (Å²) in [6.07, 6.45) is 1.62. The summed E-state index contributed by atoms with van der Waals surface area (Å²) in [6, 6.07) is 19.7. The van der Waals surface area contributed by atoms with Gasteiger partial charge in [0.05, 0.1) is 0 Å². The standard InChI is InChI=1S/C16H14INO/c17-15(14-9-5-2-6-10-14)11-16(19)18-12-13-7-3-1-4-8-13/h1-11H,12H2,(H,18,19). The molecule has 96 valence electrons. The smallest absolute Gasteiger partial charge is 0.245 e. The van der Waals surface area contributed by atoms with Crippen LogP contribution < -0.4 is 5.32 Å². The van der Waals surface area contributed by atoms with Crippen LogP contribution in [0.1, 0.15) is 11.1 Å². The zero-order chi connectivity index (χ0) is 13.5. The van der Waals surface area contributed by atoms with Gasteiger partial charge >= 0.3 is 0 Å². The molecule has 0 aliphatic carbocycles. The number of hydrogen-bond acceptors (Lipinski definition) is 1. The lowest BCUT2D eigenvalue weighted by Gasteiger charge is -2.03. The van der Waals surface area contributed by atoms with E-state index in [0.717, 1.165) is 14.7 Å². The zero-order valence-electron chi connectivity index (χ0n) is 10.3. The maximum atomic E-state index is 11.8. The van der Waals surface area contributed by atoms with Crippen molar-refractivity contribution in [2.45, 2.75) is 6.54 Å². The maximum Gasteiger partial charge on any atom is 0.245 e. The summed E-state index contributed by atoms with van der Waals surface area (Å²) in [5.74, 6) is -0.0721. The second-order valence-electron chi connectivity index (χ2n) is 4.06. The first kappa shape index (κ1) is 13.8. The maximum absolute atomic E-state index is 11.8. The van der Waals surface area contributed by atoms with Crippen LogP contribution in [0, 0.1) is 0 Å². The third-order valence-electron chi connectivity index (χ3n) is 2.62. The number of halogens is 1. The van der Waals surface area contributed by atoms with Crippen molar-refractivity contribution in [3.8, 4) is 0 Å². The van der Waals surface area contributed by atoms with Crippen LogP contribution in [0.5, 0.6) is 0 Å². The fourth-order valence-electron chi connectivity index (χ4n) is 1.63. The van der Waals surface area contributed by atoms with Gasteiger partial charge in [0.2, 0.25) is 5.91 Å². The van der Waals surface area contributed by atoms with Gasteiger partial charge in [0.15, 0.2) is 0 Å². The van der Waals surface area contributed by atoms with Crippen LogP contribution in [-0.4, -0.2) is 5.91 Å². The number of nitrogens with one attached hydrogen (secondary N) is 1. The molecule has 0 heterocycles. The summed E-state index contributed by atoms with van der Waals surface area (Å²) in [5, 5.41) is 2.88. The van der Waals surface area contributed by atoms with E-state index in [9.17, 15) is 4.79 Å². The van der Waals surface area contributed by atoms with Gasteiger partial charge in [0.25, 0.3) is 0 Å². The van der Waals surface area contributed by atoms with Crippen molar-refractivity contribution < 1.29 is 4.79 Å². The van der Waals surface area contributed by atoms with Crippen molar-refractivity contribution >= 4 is 32.1 Å². The molecule has 3 heteroatoms. The van der Waals surface area contributed by atoms with E-state index < -0.39 is 0 Å². The molecule has 0 aromatic heterocycles. The molecule has 2 nitrogen and oxygen atoms in total. The molecule has 0 aliphatic rings. The highest BCUT2D eigenvalue weighted by atomic mass is 127. The van der Waals surface area contributed by atoms with E-state index in [0.29, 0.717) is 6.54 Å². The molecule has 1 N–H and O–H groups in total. The molecule has 2 aromatic rings. The van der Waals surface area contributed by atoms with Gasteiger partial charge in [-0.15, -0.1) is 0 Å². The molecule has 2 rings (SSSR count). The summed E-state index contributed by atoms with van der Waals surface area (Å²) in [6.45, 7) is 0.550. The Labute approximate surface area is 126 Å². The van der Waals surface area contributed by atoms with Crippen LogP contribution in [0.3, 0.4) is 0 Å². The van der Waals surface area contributed by atoms with Crippen molar-refractivity contribution in [1.82, 2.24) is 5.32 Å². The number of hydrogen-bond donors (Lipinski definition) is 1.